The van der Waals surface area contributed by atoms with Crippen molar-refractivity contribution in [3.05, 3.63) is 29.9 Å². The molecule has 0 radical (unpaired) electrons. The Morgan fingerprint density at radius 1 is 1.50 bits per heavy atom. The van der Waals surface area contributed by atoms with Crippen molar-refractivity contribution in [2.24, 2.45) is 0 Å². The first-order valence-corrected chi connectivity index (χ1v) is 4.68. The molecule has 0 spiro atoms. The molecular weight excluding hydrogens is 200 g/mol. The van der Waals surface area contributed by atoms with Crippen molar-refractivity contribution in [1.29, 1.82) is 0 Å². The maximum absolute atomic E-state index is 5.95. The minimum absolute atomic E-state index is 0.454. The predicted octanol–water partition coefficient (Wildman–Crippen LogP) is 2.01. The Morgan fingerprint density at radius 3 is 3.07 bits per heavy atom. The van der Waals surface area contributed by atoms with E-state index in [2.05, 4.69) is 15.1 Å². The van der Waals surface area contributed by atoms with E-state index in [4.69, 9.17) is 11.6 Å². The van der Waals surface area contributed by atoms with Crippen LogP contribution in [0.2, 0.25) is 5.15 Å². The van der Waals surface area contributed by atoms with Gasteiger partial charge in [0.1, 0.15) is 11.5 Å². The normalized spacial score (nSPS) is 10.4. The maximum atomic E-state index is 5.95. The van der Waals surface area contributed by atoms with Gasteiger partial charge in [-0.15, -0.1) is 0 Å². The minimum atomic E-state index is 0.454. The highest BCUT2D eigenvalue weighted by atomic mass is 35.5. The van der Waals surface area contributed by atoms with Gasteiger partial charge in [0, 0.05) is 18.9 Å². The Hall–Kier alpha value is -1.42. The lowest BCUT2D eigenvalue weighted by Crippen LogP contribution is -1.99. The molecule has 5 heteroatoms. The lowest BCUT2D eigenvalue weighted by molar-refractivity contribution is 0.666. The zero-order valence-electron chi connectivity index (χ0n) is 7.68. The van der Waals surface area contributed by atoms with Gasteiger partial charge in [0.25, 0.3) is 0 Å². The SMILES string of the molecule is CCn1nccc1-c1cncnc1Cl. The Bertz CT molecular complexity index is 438. The molecule has 4 nitrogen and oxygen atoms in total. The molecule has 2 aromatic rings. The van der Waals surface area contributed by atoms with Crippen molar-refractivity contribution in [2.45, 2.75) is 13.5 Å². The molecule has 2 rings (SSSR count). The van der Waals surface area contributed by atoms with Crippen LogP contribution in [0, 0.1) is 0 Å². The number of rotatable bonds is 2. The molecule has 72 valence electrons. The van der Waals surface area contributed by atoms with E-state index >= 15 is 0 Å². The molecule has 0 aliphatic carbocycles. The summed E-state index contributed by atoms with van der Waals surface area (Å²) in [6.45, 7) is 2.82. The topological polar surface area (TPSA) is 43.6 Å². The van der Waals surface area contributed by atoms with Crippen LogP contribution < -0.4 is 0 Å². The molecule has 0 aromatic carbocycles. The van der Waals surface area contributed by atoms with Gasteiger partial charge in [0.2, 0.25) is 0 Å². The average molecular weight is 209 g/mol. The second-order valence-electron chi connectivity index (χ2n) is 2.76. The largest absolute Gasteiger partial charge is 0.265 e. The van der Waals surface area contributed by atoms with Gasteiger partial charge in [-0.05, 0) is 13.0 Å². The van der Waals surface area contributed by atoms with E-state index in [-0.39, 0.29) is 0 Å². The number of aryl methyl sites for hydroxylation is 1. The summed E-state index contributed by atoms with van der Waals surface area (Å²) in [5.41, 5.74) is 1.76. The number of nitrogens with zero attached hydrogens (tertiary/aromatic N) is 4. The lowest BCUT2D eigenvalue weighted by atomic mass is 10.2. The summed E-state index contributed by atoms with van der Waals surface area (Å²) in [5.74, 6) is 0. The van der Waals surface area contributed by atoms with Gasteiger partial charge in [-0.1, -0.05) is 11.6 Å². The fraction of sp³-hybridized carbons (Fsp3) is 0.222. The van der Waals surface area contributed by atoms with Crippen molar-refractivity contribution >= 4 is 11.6 Å². The quantitative estimate of drug-likeness (QED) is 0.710. The Labute approximate surface area is 86.6 Å². The summed E-state index contributed by atoms with van der Waals surface area (Å²) in [7, 11) is 0. The molecule has 2 heterocycles. The zero-order valence-corrected chi connectivity index (χ0v) is 8.44. The zero-order chi connectivity index (χ0) is 9.97. The standard InChI is InChI=1S/C9H9ClN4/c1-2-14-8(3-4-13-14)7-5-11-6-12-9(7)10/h3-6H,2H2,1H3. The van der Waals surface area contributed by atoms with Crippen LogP contribution in [0.4, 0.5) is 0 Å². The molecule has 0 aliphatic rings. The van der Waals surface area contributed by atoms with Crippen molar-refractivity contribution in [2.75, 3.05) is 0 Å². The maximum Gasteiger partial charge on any atom is 0.141 e. The highest BCUT2D eigenvalue weighted by Gasteiger charge is 2.08. The van der Waals surface area contributed by atoms with Gasteiger partial charge in [-0.2, -0.15) is 5.10 Å². The average Bonchev–Trinajstić information content (AvgIpc) is 2.66. The first-order chi connectivity index (χ1) is 6.83. The molecule has 0 unspecified atom stereocenters. The third-order valence-electron chi connectivity index (χ3n) is 1.96. The molecule has 0 saturated heterocycles. The smallest absolute Gasteiger partial charge is 0.141 e. The molecule has 0 N–H and O–H groups in total. The van der Waals surface area contributed by atoms with Gasteiger partial charge >= 0.3 is 0 Å². The molecule has 14 heavy (non-hydrogen) atoms. The van der Waals surface area contributed by atoms with E-state index in [0.29, 0.717) is 5.15 Å². The fourth-order valence-electron chi connectivity index (χ4n) is 1.30. The molecule has 0 fully saturated rings. The summed E-state index contributed by atoms with van der Waals surface area (Å²) in [6, 6.07) is 1.90. The van der Waals surface area contributed by atoms with Crippen LogP contribution in [0.5, 0.6) is 0 Å². The van der Waals surface area contributed by atoms with Crippen LogP contribution in [0.3, 0.4) is 0 Å². The van der Waals surface area contributed by atoms with Crippen LogP contribution in [0.15, 0.2) is 24.8 Å². The first kappa shape index (κ1) is 9.15. The molecule has 0 aliphatic heterocycles. The minimum Gasteiger partial charge on any atom is -0.265 e. The highest BCUT2D eigenvalue weighted by molar-refractivity contribution is 6.31. The highest BCUT2D eigenvalue weighted by Crippen LogP contribution is 2.24. The Kier molecular flexibility index (Phi) is 2.45. The molecule has 0 atom stereocenters. The van der Waals surface area contributed by atoms with Crippen LogP contribution >= 0.6 is 11.6 Å². The summed E-state index contributed by atoms with van der Waals surface area (Å²) in [5, 5.41) is 4.61. The Balaban J connectivity index is 2.54. The van der Waals surface area contributed by atoms with Gasteiger partial charge < -0.3 is 0 Å². The van der Waals surface area contributed by atoms with Crippen molar-refractivity contribution in [3.8, 4) is 11.3 Å². The van der Waals surface area contributed by atoms with Crippen LogP contribution in [-0.4, -0.2) is 19.7 Å². The van der Waals surface area contributed by atoms with Crippen molar-refractivity contribution < 1.29 is 0 Å². The molecule has 0 bridgehead atoms. The lowest BCUT2D eigenvalue weighted by Gasteiger charge is -2.04. The monoisotopic (exact) mass is 208 g/mol. The molecule has 2 aromatic heterocycles. The summed E-state index contributed by atoms with van der Waals surface area (Å²) in [6.07, 6.45) is 4.86. The van der Waals surface area contributed by atoms with E-state index in [9.17, 15) is 0 Å². The van der Waals surface area contributed by atoms with Crippen LogP contribution in [-0.2, 0) is 6.54 Å². The van der Waals surface area contributed by atoms with E-state index in [1.165, 1.54) is 6.33 Å². The summed E-state index contributed by atoms with van der Waals surface area (Å²) in [4.78, 5) is 7.86. The number of hydrogen-bond donors (Lipinski definition) is 0. The van der Waals surface area contributed by atoms with E-state index in [0.717, 1.165) is 17.8 Å². The molecule has 0 amide bonds. The second-order valence-corrected chi connectivity index (χ2v) is 3.12. The van der Waals surface area contributed by atoms with E-state index < -0.39 is 0 Å². The molecule has 0 saturated carbocycles. The van der Waals surface area contributed by atoms with Crippen molar-refractivity contribution in [1.82, 2.24) is 19.7 Å². The predicted molar refractivity (Wildman–Crippen MR) is 53.9 cm³/mol. The van der Waals surface area contributed by atoms with Gasteiger partial charge in [0.05, 0.1) is 11.3 Å². The van der Waals surface area contributed by atoms with Gasteiger partial charge in [-0.25, -0.2) is 9.97 Å². The van der Waals surface area contributed by atoms with Crippen molar-refractivity contribution in [3.63, 3.8) is 0 Å². The third-order valence-corrected chi connectivity index (χ3v) is 2.26. The van der Waals surface area contributed by atoms with Gasteiger partial charge in [0.15, 0.2) is 0 Å². The third kappa shape index (κ3) is 1.48. The fourth-order valence-corrected chi connectivity index (χ4v) is 1.49. The number of hydrogen-bond acceptors (Lipinski definition) is 3. The van der Waals surface area contributed by atoms with Gasteiger partial charge in [-0.3, -0.25) is 4.68 Å². The van der Waals surface area contributed by atoms with Crippen LogP contribution in [0.1, 0.15) is 6.92 Å². The number of halogens is 1. The summed E-state index contributed by atoms with van der Waals surface area (Å²) < 4.78 is 1.85. The van der Waals surface area contributed by atoms with E-state index in [1.54, 1.807) is 12.4 Å². The number of aromatic nitrogens is 4. The first-order valence-electron chi connectivity index (χ1n) is 4.30. The Morgan fingerprint density at radius 2 is 2.36 bits per heavy atom. The second kappa shape index (κ2) is 3.75. The summed E-state index contributed by atoms with van der Waals surface area (Å²) >= 11 is 5.95. The van der Waals surface area contributed by atoms with Crippen LogP contribution in [0.25, 0.3) is 11.3 Å². The van der Waals surface area contributed by atoms with E-state index in [1.807, 2.05) is 17.7 Å². The molecular formula is C9H9ClN4.